The van der Waals surface area contributed by atoms with Crippen LogP contribution in [0.3, 0.4) is 0 Å². The van der Waals surface area contributed by atoms with Gasteiger partial charge in [0.05, 0.1) is 6.04 Å². The Labute approximate surface area is 149 Å². The van der Waals surface area contributed by atoms with Crippen molar-refractivity contribution >= 4 is 17.6 Å². The second-order valence-electron chi connectivity index (χ2n) is 7.31. The van der Waals surface area contributed by atoms with Crippen LogP contribution in [0.25, 0.3) is 0 Å². The molecule has 134 valence electrons. The van der Waals surface area contributed by atoms with E-state index in [1.807, 2.05) is 45.0 Å². The summed E-state index contributed by atoms with van der Waals surface area (Å²) in [5.74, 6) is 0.183. The highest BCUT2D eigenvalue weighted by molar-refractivity contribution is 5.94. The fraction of sp³-hybridized carbons (Fsp3) is 0.579. The number of amides is 3. The Balaban J connectivity index is 1.39. The van der Waals surface area contributed by atoms with Gasteiger partial charge in [0.1, 0.15) is 0 Å². The van der Waals surface area contributed by atoms with Gasteiger partial charge in [-0.15, -0.1) is 0 Å². The third-order valence-corrected chi connectivity index (χ3v) is 5.88. The molecule has 3 saturated heterocycles. The van der Waals surface area contributed by atoms with Crippen LogP contribution in [-0.4, -0.2) is 78.0 Å². The maximum Gasteiger partial charge on any atom is 0.324 e. The molecule has 6 heteroatoms. The molecule has 1 aromatic carbocycles. The van der Waals surface area contributed by atoms with Gasteiger partial charge in [0.25, 0.3) is 0 Å². The van der Waals surface area contributed by atoms with Crippen LogP contribution in [0.5, 0.6) is 0 Å². The first-order chi connectivity index (χ1) is 12.1. The summed E-state index contributed by atoms with van der Waals surface area (Å²) in [7, 11) is 0. The third-order valence-electron chi connectivity index (χ3n) is 5.88. The molecular formula is C19H26N4O2. The number of carbonyl (C=O) groups is 2. The van der Waals surface area contributed by atoms with E-state index >= 15 is 0 Å². The number of benzene rings is 1. The Bertz CT molecular complexity index is 642. The van der Waals surface area contributed by atoms with E-state index in [0.29, 0.717) is 6.04 Å². The average Bonchev–Trinajstić information content (AvgIpc) is 2.99. The summed E-state index contributed by atoms with van der Waals surface area (Å²) in [6.45, 7) is 6.84. The van der Waals surface area contributed by atoms with Crippen LogP contribution in [0.2, 0.25) is 0 Å². The van der Waals surface area contributed by atoms with E-state index in [0.717, 1.165) is 57.8 Å². The van der Waals surface area contributed by atoms with Crippen molar-refractivity contribution in [3.8, 4) is 0 Å². The first-order valence-electron chi connectivity index (χ1n) is 9.26. The Morgan fingerprint density at radius 2 is 1.68 bits per heavy atom. The van der Waals surface area contributed by atoms with Gasteiger partial charge in [-0.3, -0.25) is 14.6 Å². The predicted octanol–water partition coefficient (Wildman–Crippen LogP) is 1.62. The Kier molecular flexibility index (Phi) is 4.37. The molecule has 3 heterocycles. The van der Waals surface area contributed by atoms with E-state index in [2.05, 4.69) is 4.90 Å². The van der Waals surface area contributed by atoms with Crippen LogP contribution in [0.15, 0.2) is 30.3 Å². The van der Waals surface area contributed by atoms with Crippen LogP contribution in [0.1, 0.15) is 19.8 Å². The normalized spacial score (nSPS) is 25.4. The minimum absolute atomic E-state index is 0.141. The summed E-state index contributed by atoms with van der Waals surface area (Å²) >= 11 is 0. The van der Waals surface area contributed by atoms with Crippen molar-refractivity contribution in [1.29, 1.82) is 0 Å². The molecule has 0 bridgehead atoms. The lowest BCUT2D eigenvalue weighted by Crippen LogP contribution is -2.57. The maximum atomic E-state index is 12.7. The monoisotopic (exact) mass is 342 g/mol. The van der Waals surface area contributed by atoms with Crippen LogP contribution in [0.4, 0.5) is 10.5 Å². The molecule has 0 unspecified atom stereocenters. The van der Waals surface area contributed by atoms with Crippen molar-refractivity contribution in [1.82, 2.24) is 14.7 Å². The number of nitrogens with zero attached hydrogens (tertiary/aromatic N) is 4. The molecule has 0 saturated carbocycles. The molecule has 0 aromatic heterocycles. The van der Waals surface area contributed by atoms with Crippen LogP contribution < -0.4 is 4.90 Å². The molecule has 1 atom stereocenters. The lowest BCUT2D eigenvalue weighted by molar-refractivity contribution is -0.130. The van der Waals surface area contributed by atoms with E-state index in [4.69, 9.17) is 0 Å². The summed E-state index contributed by atoms with van der Waals surface area (Å²) in [6, 6.07) is 10.9. The second kappa shape index (κ2) is 6.67. The summed E-state index contributed by atoms with van der Waals surface area (Å²) < 4.78 is 0. The van der Waals surface area contributed by atoms with E-state index < -0.39 is 0 Å². The fourth-order valence-electron chi connectivity index (χ4n) is 4.43. The highest BCUT2D eigenvalue weighted by Crippen LogP contribution is 2.28. The molecule has 0 N–H and O–H groups in total. The van der Waals surface area contributed by atoms with E-state index in [1.165, 1.54) is 0 Å². The zero-order chi connectivity index (χ0) is 17.4. The summed E-state index contributed by atoms with van der Waals surface area (Å²) in [5, 5.41) is 0. The first-order valence-corrected chi connectivity index (χ1v) is 9.26. The van der Waals surface area contributed by atoms with Gasteiger partial charge in [0, 0.05) is 57.9 Å². The van der Waals surface area contributed by atoms with Gasteiger partial charge in [-0.2, -0.15) is 0 Å². The molecule has 4 rings (SSSR count). The van der Waals surface area contributed by atoms with E-state index in [-0.39, 0.29) is 18.0 Å². The van der Waals surface area contributed by atoms with E-state index in [9.17, 15) is 9.59 Å². The van der Waals surface area contributed by atoms with Gasteiger partial charge < -0.3 is 9.80 Å². The van der Waals surface area contributed by atoms with Gasteiger partial charge >= 0.3 is 6.03 Å². The number of urea groups is 1. The molecular weight excluding hydrogens is 316 g/mol. The van der Waals surface area contributed by atoms with Crippen LogP contribution in [0, 0.1) is 0 Å². The molecule has 0 radical (unpaired) electrons. The number of likely N-dealkylation sites (tertiary alicyclic amines) is 1. The molecule has 3 fully saturated rings. The Morgan fingerprint density at radius 3 is 2.36 bits per heavy atom. The predicted molar refractivity (Wildman–Crippen MR) is 96.5 cm³/mol. The van der Waals surface area contributed by atoms with Crippen molar-refractivity contribution in [2.75, 3.05) is 44.2 Å². The van der Waals surface area contributed by atoms with Crippen molar-refractivity contribution < 1.29 is 9.59 Å². The first kappa shape index (κ1) is 16.4. The average molecular weight is 342 g/mol. The number of hydrogen-bond acceptors (Lipinski definition) is 3. The summed E-state index contributed by atoms with van der Waals surface area (Å²) in [6.07, 6.45) is 2.09. The topological polar surface area (TPSA) is 47.1 Å². The summed E-state index contributed by atoms with van der Waals surface area (Å²) in [4.78, 5) is 32.7. The zero-order valence-electron chi connectivity index (χ0n) is 14.8. The van der Waals surface area contributed by atoms with Gasteiger partial charge in [0.2, 0.25) is 5.91 Å². The smallest absolute Gasteiger partial charge is 0.324 e. The van der Waals surface area contributed by atoms with Gasteiger partial charge in [0.15, 0.2) is 0 Å². The fourth-order valence-corrected chi connectivity index (χ4v) is 4.43. The van der Waals surface area contributed by atoms with Crippen LogP contribution >= 0.6 is 0 Å². The molecule has 3 amide bonds. The van der Waals surface area contributed by atoms with Crippen molar-refractivity contribution in [2.24, 2.45) is 0 Å². The second-order valence-corrected chi connectivity index (χ2v) is 7.31. The van der Waals surface area contributed by atoms with Gasteiger partial charge in [-0.05, 0) is 25.0 Å². The zero-order valence-corrected chi connectivity index (χ0v) is 14.8. The largest absolute Gasteiger partial charge is 0.343 e. The number of hydrogen-bond donors (Lipinski definition) is 0. The third kappa shape index (κ3) is 3.11. The summed E-state index contributed by atoms with van der Waals surface area (Å²) in [5.41, 5.74) is 0.989. The van der Waals surface area contributed by atoms with Crippen LogP contribution in [-0.2, 0) is 4.79 Å². The lowest BCUT2D eigenvalue weighted by atomic mass is 10.0. The molecule has 0 aliphatic carbocycles. The number of para-hydroxylation sites is 1. The van der Waals surface area contributed by atoms with Crippen molar-refractivity contribution in [3.05, 3.63) is 30.3 Å². The number of piperazine rings is 1. The Hall–Kier alpha value is -2.08. The lowest BCUT2D eigenvalue weighted by Gasteiger charge is -2.43. The molecule has 1 aromatic rings. The van der Waals surface area contributed by atoms with Crippen molar-refractivity contribution in [2.45, 2.75) is 31.8 Å². The van der Waals surface area contributed by atoms with Crippen molar-refractivity contribution in [3.63, 3.8) is 0 Å². The number of carbonyl (C=O) groups excluding carboxylic acids is 2. The highest BCUT2D eigenvalue weighted by Gasteiger charge is 2.42. The molecule has 25 heavy (non-hydrogen) atoms. The number of anilines is 1. The minimum Gasteiger partial charge on any atom is -0.343 e. The van der Waals surface area contributed by atoms with Gasteiger partial charge in [-0.1, -0.05) is 18.2 Å². The highest BCUT2D eigenvalue weighted by atomic mass is 16.2. The molecule has 3 aliphatic heterocycles. The quantitative estimate of drug-likeness (QED) is 0.821. The number of fused-ring (bicyclic) bond motifs is 1. The SMILES string of the molecule is CC(=O)N1CCC(N2CCN3C(=O)N(c4ccccc4)C[C@H]3C2)CC1. The van der Waals surface area contributed by atoms with Gasteiger partial charge in [-0.25, -0.2) is 4.79 Å². The molecule has 0 spiro atoms. The standard InChI is InChI=1S/C19H26N4O2/c1-15(24)20-9-7-16(8-10-20)21-11-12-22-18(13-21)14-23(19(22)25)17-5-3-2-4-6-17/h2-6,16,18H,7-14H2,1H3/t18-/m1/s1. The minimum atomic E-state index is 0.141. The maximum absolute atomic E-state index is 12.7. The number of rotatable bonds is 2. The molecule has 6 nitrogen and oxygen atoms in total. The van der Waals surface area contributed by atoms with E-state index in [1.54, 1.807) is 6.92 Å². The number of piperidine rings is 1. The molecule has 3 aliphatic rings. The Morgan fingerprint density at radius 1 is 0.960 bits per heavy atom.